The van der Waals surface area contributed by atoms with Crippen molar-refractivity contribution in [2.75, 3.05) is 14.2 Å². The van der Waals surface area contributed by atoms with E-state index in [1.165, 1.54) is 19.2 Å². The quantitative estimate of drug-likeness (QED) is 0.261. The Morgan fingerprint density at radius 3 is 2.44 bits per heavy atom. The molecule has 0 unspecified atom stereocenters. The number of carboxylic acids is 1. The van der Waals surface area contributed by atoms with Gasteiger partial charge < -0.3 is 19.6 Å². The predicted octanol–water partition coefficient (Wildman–Crippen LogP) is 5.80. The minimum atomic E-state index is -0.977. The molecule has 2 heterocycles. The summed E-state index contributed by atoms with van der Waals surface area (Å²) in [5.41, 5.74) is 3.33. The van der Waals surface area contributed by atoms with E-state index in [0.29, 0.717) is 38.9 Å². The lowest BCUT2D eigenvalue weighted by molar-refractivity contribution is -0.137. The second-order valence-electron chi connectivity index (χ2n) is 9.62. The number of carbonyl (C=O) groups is 2. The third-order valence-corrected chi connectivity index (χ3v) is 7.33. The summed E-state index contributed by atoms with van der Waals surface area (Å²) in [6.07, 6.45) is 0.274. The van der Waals surface area contributed by atoms with E-state index in [-0.39, 0.29) is 37.1 Å². The van der Waals surface area contributed by atoms with E-state index < -0.39 is 12.0 Å². The number of aliphatic carboxylic acids is 1. The van der Waals surface area contributed by atoms with Crippen LogP contribution in [0.15, 0.2) is 76.6 Å². The largest absolute Gasteiger partial charge is 0.493 e. The van der Waals surface area contributed by atoms with Gasteiger partial charge in [0.1, 0.15) is 0 Å². The molecule has 4 aromatic rings. The number of amides is 1. The molecule has 0 aliphatic carbocycles. The molecule has 1 aliphatic heterocycles. The molecule has 0 bridgehead atoms. The third-order valence-electron chi connectivity index (χ3n) is 7.08. The van der Waals surface area contributed by atoms with Crippen molar-refractivity contribution in [2.45, 2.75) is 31.7 Å². The van der Waals surface area contributed by atoms with Crippen LogP contribution in [0.5, 0.6) is 11.5 Å². The first-order chi connectivity index (χ1) is 19.8. The Morgan fingerprint density at radius 1 is 1.00 bits per heavy atom. The topological polar surface area (TPSA) is 121 Å². The number of methoxy groups -OCH3 is 2. The van der Waals surface area contributed by atoms with Crippen molar-refractivity contribution in [3.8, 4) is 22.6 Å². The molecular weight excluding hydrogens is 546 g/mol. The highest BCUT2D eigenvalue weighted by Crippen LogP contribution is 2.40. The fourth-order valence-corrected chi connectivity index (χ4v) is 5.28. The predicted molar refractivity (Wildman–Crippen MR) is 157 cm³/mol. The third kappa shape index (κ3) is 5.67. The fraction of sp³-hybridized carbons (Fsp3) is 0.226. The van der Waals surface area contributed by atoms with Gasteiger partial charge in [-0.2, -0.15) is 5.10 Å². The Morgan fingerprint density at radius 2 is 1.73 bits per heavy atom. The van der Waals surface area contributed by atoms with Crippen LogP contribution < -0.4 is 15.0 Å². The van der Waals surface area contributed by atoms with Crippen molar-refractivity contribution >= 4 is 40.1 Å². The summed E-state index contributed by atoms with van der Waals surface area (Å²) in [6, 6.07) is 19.5. The Balaban J connectivity index is 1.65. The van der Waals surface area contributed by atoms with Crippen molar-refractivity contribution < 1.29 is 24.2 Å². The lowest BCUT2D eigenvalue weighted by atomic mass is 9.91. The summed E-state index contributed by atoms with van der Waals surface area (Å²) < 4.78 is 10.9. The molecule has 3 aromatic carbocycles. The SMILES string of the molecule is COc1ccc([C@H]2CC(c3c(-c4ccc(Cl)cc4)c4ccccc4[nH]c3=O)=NN2C(=O)CCCC(=O)O)cc1OC. The average Bonchev–Trinajstić information content (AvgIpc) is 3.41. The van der Waals surface area contributed by atoms with Gasteiger partial charge >= 0.3 is 5.97 Å². The number of pyridine rings is 1. The van der Waals surface area contributed by atoms with E-state index in [4.69, 9.17) is 31.3 Å². The molecule has 41 heavy (non-hydrogen) atoms. The molecule has 0 saturated heterocycles. The van der Waals surface area contributed by atoms with Gasteiger partial charge in [0.2, 0.25) is 5.91 Å². The molecule has 10 heteroatoms. The van der Waals surface area contributed by atoms with E-state index in [1.54, 1.807) is 24.3 Å². The lowest BCUT2D eigenvalue weighted by Crippen LogP contribution is -2.27. The van der Waals surface area contributed by atoms with Gasteiger partial charge in [-0.25, -0.2) is 5.01 Å². The fourth-order valence-electron chi connectivity index (χ4n) is 5.15. The van der Waals surface area contributed by atoms with Crippen LogP contribution in [0.25, 0.3) is 22.0 Å². The molecule has 1 amide bonds. The van der Waals surface area contributed by atoms with Crippen LogP contribution in [-0.4, -0.2) is 46.9 Å². The second kappa shape index (κ2) is 11.9. The number of carboxylic acid groups (broad SMARTS) is 1. The first-order valence-corrected chi connectivity index (χ1v) is 13.4. The van der Waals surface area contributed by atoms with Gasteiger partial charge in [0.15, 0.2) is 11.5 Å². The van der Waals surface area contributed by atoms with Crippen LogP contribution in [0.2, 0.25) is 5.02 Å². The van der Waals surface area contributed by atoms with Crippen LogP contribution in [0.4, 0.5) is 0 Å². The van der Waals surface area contributed by atoms with E-state index >= 15 is 0 Å². The number of H-pyrrole nitrogens is 1. The molecular formula is C31H28ClN3O6. The van der Waals surface area contributed by atoms with Gasteiger partial charge in [-0.05, 0) is 47.9 Å². The van der Waals surface area contributed by atoms with Gasteiger partial charge in [0.05, 0.1) is 31.5 Å². The zero-order valence-electron chi connectivity index (χ0n) is 22.5. The maximum absolute atomic E-state index is 13.7. The highest BCUT2D eigenvalue weighted by molar-refractivity contribution is 6.30. The number of fused-ring (bicyclic) bond motifs is 1. The Hall–Kier alpha value is -4.63. The van der Waals surface area contributed by atoms with Crippen molar-refractivity contribution in [1.82, 2.24) is 9.99 Å². The summed E-state index contributed by atoms with van der Waals surface area (Å²) in [5.74, 6) is -0.297. The zero-order chi connectivity index (χ0) is 29.1. The number of benzene rings is 3. The van der Waals surface area contributed by atoms with Gasteiger partial charge in [0.25, 0.3) is 5.56 Å². The normalized spacial score (nSPS) is 14.7. The van der Waals surface area contributed by atoms with E-state index in [9.17, 15) is 14.4 Å². The molecule has 1 aromatic heterocycles. The van der Waals surface area contributed by atoms with Crippen LogP contribution in [-0.2, 0) is 9.59 Å². The number of hydrogen-bond donors (Lipinski definition) is 2. The molecule has 210 valence electrons. The summed E-state index contributed by atoms with van der Waals surface area (Å²) in [4.78, 5) is 41.1. The molecule has 1 aliphatic rings. The van der Waals surface area contributed by atoms with Crippen LogP contribution >= 0.6 is 11.6 Å². The number of carbonyl (C=O) groups excluding carboxylic acids is 1. The number of halogens is 1. The van der Waals surface area contributed by atoms with E-state index in [0.717, 1.165) is 16.5 Å². The minimum Gasteiger partial charge on any atom is -0.493 e. The molecule has 0 fully saturated rings. The van der Waals surface area contributed by atoms with Crippen LogP contribution in [0, 0.1) is 0 Å². The van der Waals surface area contributed by atoms with E-state index in [2.05, 4.69) is 4.98 Å². The number of nitrogens with zero attached hydrogens (tertiary/aromatic N) is 2. The van der Waals surface area contributed by atoms with Crippen LogP contribution in [0.3, 0.4) is 0 Å². The van der Waals surface area contributed by atoms with E-state index in [1.807, 2.05) is 42.5 Å². The molecule has 9 nitrogen and oxygen atoms in total. The highest BCUT2D eigenvalue weighted by atomic mass is 35.5. The molecule has 0 spiro atoms. The first-order valence-electron chi connectivity index (χ1n) is 13.0. The number of nitrogens with one attached hydrogen (secondary N) is 1. The Bertz CT molecular complexity index is 1710. The van der Waals surface area contributed by atoms with Crippen molar-refractivity contribution in [3.63, 3.8) is 0 Å². The minimum absolute atomic E-state index is 0.00894. The maximum atomic E-state index is 13.7. The molecule has 2 N–H and O–H groups in total. The molecule has 5 rings (SSSR count). The number of hydrazone groups is 1. The van der Waals surface area contributed by atoms with Gasteiger partial charge in [-0.3, -0.25) is 14.4 Å². The lowest BCUT2D eigenvalue weighted by Gasteiger charge is -2.23. The first kappa shape index (κ1) is 27.9. The molecule has 0 saturated carbocycles. The zero-order valence-corrected chi connectivity index (χ0v) is 23.3. The second-order valence-corrected chi connectivity index (χ2v) is 10.1. The maximum Gasteiger partial charge on any atom is 0.303 e. The number of para-hydroxylation sites is 1. The smallest absolute Gasteiger partial charge is 0.303 e. The summed E-state index contributed by atoms with van der Waals surface area (Å²) in [6.45, 7) is 0. The monoisotopic (exact) mass is 573 g/mol. The summed E-state index contributed by atoms with van der Waals surface area (Å²) in [5, 5.41) is 16.5. The van der Waals surface area contributed by atoms with Gasteiger partial charge in [-0.15, -0.1) is 0 Å². The highest BCUT2D eigenvalue weighted by Gasteiger charge is 2.35. The average molecular weight is 574 g/mol. The number of hydrogen-bond acceptors (Lipinski definition) is 6. The number of aromatic nitrogens is 1. The number of aromatic amines is 1. The Kier molecular flexibility index (Phi) is 8.07. The number of ether oxygens (including phenoxy) is 2. The molecule has 1 atom stereocenters. The van der Waals surface area contributed by atoms with Crippen molar-refractivity contribution in [2.24, 2.45) is 5.10 Å². The van der Waals surface area contributed by atoms with Gasteiger partial charge in [-0.1, -0.05) is 48.0 Å². The van der Waals surface area contributed by atoms with Crippen LogP contribution in [0.1, 0.15) is 42.9 Å². The van der Waals surface area contributed by atoms with Gasteiger partial charge in [0, 0.05) is 40.8 Å². The summed E-state index contributed by atoms with van der Waals surface area (Å²) >= 11 is 6.17. The number of rotatable bonds is 9. The molecule has 0 radical (unpaired) electrons. The summed E-state index contributed by atoms with van der Waals surface area (Å²) in [7, 11) is 3.07. The van der Waals surface area contributed by atoms with Crippen molar-refractivity contribution in [3.05, 3.63) is 93.2 Å². The van der Waals surface area contributed by atoms with Crippen molar-refractivity contribution in [1.29, 1.82) is 0 Å². The Labute approximate surface area is 241 Å². The standard InChI is InChI=1S/C31H28ClN3O6/c1-40-25-15-12-19(16-26(25)41-2)24-17-23(34-35(24)27(36)8-5-9-28(37)38)30-29(18-10-13-20(32)14-11-18)21-6-3-4-7-22(21)33-31(30)39/h3-4,6-7,10-16,24H,5,8-9,17H2,1-2H3,(H,33,39)(H,37,38)/t24-/m1/s1.